The fraction of sp³-hybridized carbons (Fsp3) is 0.278. The molecule has 3 rings (SSSR count). The van der Waals surface area contributed by atoms with Crippen molar-refractivity contribution in [2.75, 3.05) is 19.6 Å². The second-order valence-electron chi connectivity index (χ2n) is 5.95. The molecule has 0 amide bonds. The lowest BCUT2D eigenvalue weighted by Gasteiger charge is -2.35. The number of aryl methyl sites for hydroxylation is 1. The van der Waals surface area contributed by atoms with Crippen molar-refractivity contribution in [3.8, 4) is 6.07 Å². The topological polar surface area (TPSA) is 73.2 Å². The molecule has 1 fully saturated rings. The minimum Gasteiger partial charge on any atom is -0.313 e. The third kappa shape index (κ3) is 3.29. The van der Waals surface area contributed by atoms with Gasteiger partial charge in [-0.2, -0.15) is 9.57 Å². The van der Waals surface area contributed by atoms with E-state index < -0.39 is 21.9 Å². The van der Waals surface area contributed by atoms with Gasteiger partial charge in [-0.25, -0.2) is 12.8 Å². The van der Waals surface area contributed by atoms with Crippen molar-refractivity contribution >= 4 is 10.0 Å². The molecule has 0 aromatic heterocycles. The van der Waals surface area contributed by atoms with Gasteiger partial charge in [0.2, 0.25) is 10.0 Å². The van der Waals surface area contributed by atoms with Gasteiger partial charge in [0.15, 0.2) is 0 Å². The van der Waals surface area contributed by atoms with E-state index in [0.717, 1.165) is 0 Å². The van der Waals surface area contributed by atoms with Gasteiger partial charge in [0.25, 0.3) is 0 Å². The maximum absolute atomic E-state index is 13.6. The lowest BCUT2D eigenvalue weighted by molar-refractivity contribution is 0.271. The minimum atomic E-state index is -3.89. The zero-order chi connectivity index (χ0) is 18.0. The number of nitriles is 1. The zero-order valence-corrected chi connectivity index (χ0v) is 14.6. The van der Waals surface area contributed by atoms with Crippen LogP contribution in [0.4, 0.5) is 4.39 Å². The standard InChI is InChI=1S/C18H18FN3O2S/c1-13-4-2-7-18(16(13)11-20)25(23,24)22-9-8-21-12-17(22)14-5-3-6-15(19)10-14/h2-7,10,17,21H,8-9,12H2,1H3. The Bertz CT molecular complexity index is 938. The SMILES string of the molecule is Cc1cccc(S(=O)(=O)N2CCNCC2c2cccc(F)c2)c1C#N. The van der Waals surface area contributed by atoms with Crippen LogP contribution in [-0.4, -0.2) is 32.4 Å². The van der Waals surface area contributed by atoms with Crippen LogP contribution in [0.1, 0.15) is 22.7 Å². The van der Waals surface area contributed by atoms with Gasteiger partial charge in [-0.05, 0) is 36.2 Å². The second kappa shape index (κ2) is 6.92. The van der Waals surface area contributed by atoms with Crippen molar-refractivity contribution in [2.24, 2.45) is 0 Å². The van der Waals surface area contributed by atoms with Crippen LogP contribution in [0, 0.1) is 24.1 Å². The predicted octanol–water partition coefficient (Wildman–Crippen LogP) is 2.34. The first kappa shape index (κ1) is 17.5. The Morgan fingerprint density at radius 1 is 1.28 bits per heavy atom. The number of nitrogens with zero attached hydrogens (tertiary/aromatic N) is 2. The van der Waals surface area contributed by atoms with Gasteiger partial charge in [0.1, 0.15) is 16.8 Å². The number of halogens is 1. The minimum absolute atomic E-state index is 0.00157. The summed E-state index contributed by atoms with van der Waals surface area (Å²) in [7, 11) is -3.89. The Kier molecular flexibility index (Phi) is 4.86. The van der Waals surface area contributed by atoms with Crippen molar-refractivity contribution in [3.05, 3.63) is 65.0 Å². The quantitative estimate of drug-likeness (QED) is 0.913. The highest BCUT2D eigenvalue weighted by atomic mass is 32.2. The summed E-state index contributed by atoms with van der Waals surface area (Å²) in [6.07, 6.45) is 0. The van der Waals surface area contributed by atoms with Crippen LogP contribution < -0.4 is 5.32 Å². The molecule has 130 valence electrons. The molecule has 1 saturated heterocycles. The van der Waals surface area contributed by atoms with Crippen molar-refractivity contribution in [1.29, 1.82) is 5.26 Å². The molecular weight excluding hydrogens is 341 g/mol. The molecule has 2 aromatic carbocycles. The van der Waals surface area contributed by atoms with Crippen LogP contribution in [0.25, 0.3) is 0 Å². The third-order valence-corrected chi connectivity index (χ3v) is 6.31. The molecule has 1 heterocycles. The summed E-state index contributed by atoms with van der Waals surface area (Å²) >= 11 is 0. The highest BCUT2D eigenvalue weighted by molar-refractivity contribution is 7.89. The van der Waals surface area contributed by atoms with Gasteiger partial charge in [-0.1, -0.05) is 24.3 Å². The summed E-state index contributed by atoms with van der Waals surface area (Å²) < 4.78 is 41.4. The van der Waals surface area contributed by atoms with E-state index in [2.05, 4.69) is 5.32 Å². The van der Waals surface area contributed by atoms with Gasteiger partial charge in [-0.15, -0.1) is 0 Å². The molecule has 1 atom stereocenters. The van der Waals surface area contributed by atoms with Gasteiger partial charge in [0, 0.05) is 19.6 Å². The van der Waals surface area contributed by atoms with Gasteiger partial charge < -0.3 is 5.32 Å². The van der Waals surface area contributed by atoms with E-state index in [0.29, 0.717) is 24.2 Å². The molecule has 0 aliphatic carbocycles. The predicted molar refractivity (Wildman–Crippen MR) is 91.8 cm³/mol. The van der Waals surface area contributed by atoms with E-state index in [1.807, 2.05) is 6.07 Å². The molecule has 0 spiro atoms. The molecule has 25 heavy (non-hydrogen) atoms. The molecule has 0 bridgehead atoms. The first-order chi connectivity index (χ1) is 11.9. The Labute approximate surface area is 146 Å². The molecule has 2 aromatic rings. The number of piperazine rings is 1. The molecular formula is C18H18FN3O2S. The number of hydrogen-bond acceptors (Lipinski definition) is 4. The maximum Gasteiger partial charge on any atom is 0.245 e. The van der Waals surface area contributed by atoms with Crippen LogP contribution in [0.5, 0.6) is 0 Å². The number of hydrogen-bond donors (Lipinski definition) is 1. The largest absolute Gasteiger partial charge is 0.313 e. The van der Waals surface area contributed by atoms with Crippen molar-refractivity contribution in [3.63, 3.8) is 0 Å². The van der Waals surface area contributed by atoms with Crippen molar-refractivity contribution in [2.45, 2.75) is 17.9 Å². The Hall–Kier alpha value is -2.27. The average molecular weight is 359 g/mol. The lowest BCUT2D eigenvalue weighted by atomic mass is 10.1. The molecule has 0 saturated carbocycles. The highest BCUT2D eigenvalue weighted by Gasteiger charge is 2.36. The summed E-state index contributed by atoms with van der Waals surface area (Å²) in [5.74, 6) is -0.409. The summed E-state index contributed by atoms with van der Waals surface area (Å²) in [4.78, 5) is -0.00157. The first-order valence-corrected chi connectivity index (χ1v) is 9.37. The van der Waals surface area contributed by atoms with Gasteiger partial charge in [0.05, 0.1) is 11.6 Å². The Morgan fingerprint density at radius 2 is 2.04 bits per heavy atom. The number of rotatable bonds is 3. The molecule has 5 nitrogen and oxygen atoms in total. The van der Waals surface area contributed by atoms with Crippen molar-refractivity contribution in [1.82, 2.24) is 9.62 Å². The normalized spacial score (nSPS) is 18.7. The van der Waals surface area contributed by atoms with Crippen LogP contribution in [0.15, 0.2) is 47.4 Å². The van der Waals surface area contributed by atoms with E-state index in [1.165, 1.54) is 22.5 Å². The first-order valence-electron chi connectivity index (χ1n) is 7.93. The molecule has 1 aliphatic heterocycles. The Balaban J connectivity index is 2.09. The van der Waals surface area contributed by atoms with E-state index in [-0.39, 0.29) is 17.0 Å². The summed E-state index contributed by atoms with van der Waals surface area (Å²) in [6.45, 7) is 2.84. The van der Waals surface area contributed by atoms with Crippen LogP contribution >= 0.6 is 0 Å². The smallest absolute Gasteiger partial charge is 0.245 e. The molecule has 0 radical (unpaired) electrons. The summed E-state index contributed by atoms with van der Waals surface area (Å²) in [5.41, 5.74) is 1.35. The fourth-order valence-corrected chi connectivity index (χ4v) is 4.93. The number of sulfonamides is 1. The fourth-order valence-electron chi connectivity index (χ4n) is 3.10. The maximum atomic E-state index is 13.6. The average Bonchev–Trinajstić information content (AvgIpc) is 2.61. The number of benzene rings is 2. The molecule has 1 aliphatic rings. The molecule has 7 heteroatoms. The molecule has 1 unspecified atom stereocenters. The highest BCUT2D eigenvalue weighted by Crippen LogP contribution is 2.31. The zero-order valence-electron chi connectivity index (χ0n) is 13.7. The van der Waals surface area contributed by atoms with Crippen molar-refractivity contribution < 1.29 is 12.8 Å². The Morgan fingerprint density at radius 3 is 2.76 bits per heavy atom. The van der Waals surface area contributed by atoms with Crippen LogP contribution in [-0.2, 0) is 10.0 Å². The summed E-state index contributed by atoms with van der Waals surface area (Å²) in [6, 6.07) is 12.2. The van der Waals surface area contributed by atoms with Crippen LogP contribution in [0.2, 0.25) is 0 Å². The lowest BCUT2D eigenvalue weighted by Crippen LogP contribution is -2.48. The van der Waals surface area contributed by atoms with E-state index >= 15 is 0 Å². The van der Waals surface area contributed by atoms with Gasteiger partial charge >= 0.3 is 0 Å². The van der Waals surface area contributed by atoms with Crippen LogP contribution in [0.3, 0.4) is 0 Å². The van der Waals surface area contributed by atoms with E-state index in [9.17, 15) is 18.1 Å². The number of nitrogens with one attached hydrogen (secondary N) is 1. The third-order valence-electron chi connectivity index (χ3n) is 4.36. The monoisotopic (exact) mass is 359 g/mol. The molecule has 1 N–H and O–H groups in total. The second-order valence-corrected chi connectivity index (χ2v) is 7.81. The van der Waals surface area contributed by atoms with E-state index in [4.69, 9.17) is 0 Å². The van der Waals surface area contributed by atoms with E-state index in [1.54, 1.807) is 31.2 Å². The van der Waals surface area contributed by atoms with Gasteiger partial charge in [-0.3, -0.25) is 0 Å². The summed E-state index contributed by atoms with van der Waals surface area (Å²) in [5, 5.41) is 12.5.